The van der Waals surface area contributed by atoms with E-state index in [4.69, 9.17) is 0 Å². The molecule has 8 heteroatoms. The zero-order valence-corrected chi connectivity index (χ0v) is 18.9. The first-order chi connectivity index (χ1) is 16.2. The van der Waals surface area contributed by atoms with Gasteiger partial charge in [-0.2, -0.15) is 9.13 Å². The Labute approximate surface area is 195 Å². The highest BCUT2D eigenvalue weighted by Crippen LogP contribution is 2.60. The number of rotatable bonds is 1. The molecule has 1 aromatic carbocycles. The van der Waals surface area contributed by atoms with Gasteiger partial charge in [0, 0.05) is 30.3 Å². The monoisotopic (exact) mass is 458 g/mol. The van der Waals surface area contributed by atoms with Crippen molar-refractivity contribution in [2.75, 3.05) is 6.54 Å². The molecule has 1 aromatic heterocycles. The van der Waals surface area contributed by atoms with Gasteiger partial charge in [0.25, 0.3) is 5.91 Å². The predicted molar refractivity (Wildman–Crippen MR) is 122 cm³/mol. The van der Waals surface area contributed by atoms with Crippen molar-refractivity contribution in [1.82, 2.24) is 15.2 Å². The van der Waals surface area contributed by atoms with Gasteiger partial charge in [-0.1, -0.05) is 6.07 Å². The number of carbonyl (C=O) groups is 2. The summed E-state index contributed by atoms with van der Waals surface area (Å²) >= 11 is 0. The lowest BCUT2D eigenvalue weighted by Crippen LogP contribution is -2.83. The highest BCUT2D eigenvalue weighted by Gasteiger charge is 2.73. The van der Waals surface area contributed by atoms with Crippen molar-refractivity contribution in [2.24, 2.45) is 11.3 Å². The van der Waals surface area contributed by atoms with E-state index in [-0.39, 0.29) is 17.7 Å². The number of piperidine rings is 2. The van der Waals surface area contributed by atoms with Crippen LogP contribution in [0.3, 0.4) is 0 Å². The van der Waals surface area contributed by atoms with E-state index in [1.54, 1.807) is 17.0 Å². The summed E-state index contributed by atoms with van der Waals surface area (Å²) in [6.07, 6.45) is 5.32. The SMILES string of the molecule is CC1(C)C2=[N+]([O-])c3cc(-c4ccc(F)nc4)ccc3C2=C[C@@]23NC(=O)[C@]4(CCCN4C2=O)CC13. The molecule has 1 aliphatic carbocycles. The molecule has 6 heterocycles. The maximum Gasteiger partial charge on any atom is 0.253 e. The van der Waals surface area contributed by atoms with Gasteiger partial charge in [-0.05, 0) is 62.9 Å². The third-order valence-corrected chi connectivity index (χ3v) is 8.80. The van der Waals surface area contributed by atoms with Crippen LogP contribution in [0, 0.1) is 22.5 Å². The first-order valence-corrected chi connectivity index (χ1v) is 11.7. The molecule has 5 aliphatic heterocycles. The molecule has 7 nitrogen and oxygen atoms in total. The molecule has 2 aromatic rings. The number of aromatic nitrogens is 1. The predicted octanol–water partition coefficient (Wildman–Crippen LogP) is 3.16. The number of allylic oxidation sites excluding steroid dienone is 1. The number of fused-ring (bicyclic) bond motifs is 4. The second-order valence-corrected chi connectivity index (χ2v) is 10.7. The number of nitrogens with one attached hydrogen (secondary N) is 1. The van der Waals surface area contributed by atoms with E-state index < -0.39 is 22.4 Å². The van der Waals surface area contributed by atoms with Gasteiger partial charge in [-0.25, -0.2) is 4.98 Å². The number of hydrogen-bond donors (Lipinski definition) is 1. The normalized spacial score (nSPS) is 32.1. The molecule has 2 spiro atoms. The summed E-state index contributed by atoms with van der Waals surface area (Å²) < 4.78 is 14.3. The van der Waals surface area contributed by atoms with Gasteiger partial charge < -0.3 is 15.4 Å². The average Bonchev–Trinajstić information content (AvgIpc) is 3.36. The number of halogens is 1. The molecule has 1 unspecified atom stereocenters. The van der Waals surface area contributed by atoms with Gasteiger partial charge in [-0.15, -0.1) is 0 Å². The van der Waals surface area contributed by atoms with Crippen molar-refractivity contribution in [3.05, 3.63) is 59.3 Å². The minimum absolute atomic E-state index is 0.0552. The molecule has 4 fully saturated rings. The van der Waals surface area contributed by atoms with Crippen LogP contribution in [0.25, 0.3) is 16.7 Å². The molecule has 34 heavy (non-hydrogen) atoms. The molecule has 4 saturated heterocycles. The number of hydrogen-bond acceptors (Lipinski definition) is 4. The molecule has 0 radical (unpaired) electrons. The van der Waals surface area contributed by atoms with Gasteiger partial charge in [0.2, 0.25) is 23.3 Å². The second kappa shape index (κ2) is 5.92. The Morgan fingerprint density at radius 3 is 2.76 bits per heavy atom. The van der Waals surface area contributed by atoms with Crippen molar-refractivity contribution in [3.8, 4) is 11.1 Å². The van der Waals surface area contributed by atoms with E-state index in [0.29, 0.717) is 41.9 Å². The minimum Gasteiger partial charge on any atom is -0.618 e. The molecule has 8 rings (SSSR count). The fraction of sp³-hybridized carbons (Fsp3) is 0.385. The fourth-order valence-electron chi connectivity index (χ4n) is 7.21. The second-order valence-electron chi connectivity index (χ2n) is 10.7. The maximum absolute atomic E-state index is 13.8. The molecule has 6 aliphatic rings. The number of carbonyl (C=O) groups excluding carboxylic acids is 2. The largest absolute Gasteiger partial charge is 0.618 e. The Bertz CT molecular complexity index is 1400. The Balaban J connectivity index is 1.43. The van der Waals surface area contributed by atoms with Crippen molar-refractivity contribution >= 4 is 28.8 Å². The lowest BCUT2D eigenvalue weighted by atomic mass is 9.51. The van der Waals surface area contributed by atoms with Crippen molar-refractivity contribution < 1.29 is 18.7 Å². The lowest BCUT2D eigenvalue weighted by Gasteiger charge is -2.62. The molecule has 2 bridgehead atoms. The Morgan fingerprint density at radius 1 is 1.21 bits per heavy atom. The molecule has 0 saturated carbocycles. The summed E-state index contributed by atoms with van der Waals surface area (Å²) in [5, 5.41) is 16.8. The van der Waals surface area contributed by atoms with Gasteiger partial charge in [0.1, 0.15) is 11.1 Å². The zero-order valence-electron chi connectivity index (χ0n) is 18.9. The van der Waals surface area contributed by atoms with Crippen LogP contribution in [0.1, 0.15) is 38.7 Å². The van der Waals surface area contributed by atoms with Crippen LogP contribution in [0.2, 0.25) is 0 Å². The van der Waals surface area contributed by atoms with Crippen molar-refractivity contribution in [1.29, 1.82) is 0 Å². The van der Waals surface area contributed by atoms with E-state index in [0.717, 1.165) is 22.3 Å². The molecule has 3 atom stereocenters. The van der Waals surface area contributed by atoms with Gasteiger partial charge >= 0.3 is 0 Å². The molecule has 1 N–H and O–H groups in total. The number of pyridine rings is 1. The number of piperazine rings is 1. The van der Waals surface area contributed by atoms with Crippen molar-refractivity contribution in [3.63, 3.8) is 0 Å². The number of nitrogens with zero attached hydrogens (tertiary/aromatic N) is 3. The van der Waals surface area contributed by atoms with Crippen LogP contribution >= 0.6 is 0 Å². The highest BCUT2D eigenvalue weighted by atomic mass is 19.1. The number of benzene rings is 1. The van der Waals surface area contributed by atoms with Crippen LogP contribution in [0.5, 0.6) is 0 Å². The standard InChI is InChI=1S/C26H23FN4O3/c1-24(2)19-12-25-8-3-9-30(25)23(33)26(19,29-22(25)32)11-17-16-6-4-14(10-18(16)31(34)21(17)24)15-5-7-20(27)28-13-15/h4-7,10-11,13,19H,3,8-9,12H2,1-2H3,(H,29,32)/t19?,25-,26-/m0/s1. The highest BCUT2D eigenvalue weighted by molar-refractivity contribution is 6.30. The topological polar surface area (TPSA) is 88.4 Å². The molecule has 172 valence electrons. The smallest absolute Gasteiger partial charge is 0.253 e. The van der Waals surface area contributed by atoms with Crippen LogP contribution in [-0.2, 0) is 9.59 Å². The van der Waals surface area contributed by atoms with Crippen LogP contribution in [0.4, 0.5) is 10.1 Å². The average molecular weight is 458 g/mol. The summed E-state index contributed by atoms with van der Waals surface area (Å²) in [6, 6.07) is 8.44. The van der Waals surface area contributed by atoms with E-state index >= 15 is 0 Å². The van der Waals surface area contributed by atoms with E-state index in [1.165, 1.54) is 12.3 Å². The lowest BCUT2D eigenvalue weighted by molar-refractivity contribution is -0.362. The van der Waals surface area contributed by atoms with E-state index in [2.05, 4.69) is 10.3 Å². The van der Waals surface area contributed by atoms with Crippen LogP contribution in [0.15, 0.2) is 42.6 Å². The Morgan fingerprint density at radius 2 is 2.00 bits per heavy atom. The van der Waals surface area contributed by atoms with E-state index in [9.17, 15) is 19.2 Å². The summed E-state index contributed by atoms with van der Waals surface area (Å²) in [5.41, 5.74) is 1.42. The quantitative estimate of drug-likeness (QED) is 0.404. The third-order valence-electron chi connectivity index (χ3n) is 8.80. The van der Waals surface area contributed by atoms with Gasteiger partial charge in [0.05, 0.1) is 16.6 Å². The molecule has 2 amide bonds. The van der Waals surface area contributed by atoms with Crippen LogP contribution < -0.4 is 5.32 Å². The zero-order chi connectivity index (χ0) is 23.6. The van der Waals surface area contributed by atoms with Gasteiger partial charge in [-0.3, -0.25) is 9.59 Å². The maximum atomic E-state index is 13.8. The summed E-state index contributed by atoms with van der Waals surface area (Å²) in [5.74, 6) is -0.911. The van der Waals surface area contributed by atoms with Gasteiger partial charge in [0.15, 0.2) is 0 Å². The fourth-order valence-corrected chi connectivity index (χ4v) is 7.21. The Kier molecular flexibility index (Phi) is 3.46. The molecular weight excluding hydrogens is 435 g/mol. The van der Waals surface area contributed by atoms with Crippen molar-refractivity contribution in [2.45, 2.75) is 44.2 Å². The number of amides is 2. The molecular formula is C26H23FN4O3. The summed E-state index contributed by atoms with van der Waals surface area (Å²) in [6.45, 7) is 4.62. The first kappa shape index (κ1) is 19.9. The first-order valence-electron chi connectivity index (χ1n) is 11.7. The summed E-state index contributed by atoms with van der Waals surface area (Å²) in [7, 11) is 0. The third kappa shape index (κ3) is 2.08. The minimum atomic E-state index is -1.15. The Hall–Kier alpha value is -3.55. The van der Waals surface area contributed by atoms with Crippen LogP contribution in [-0.4, -0.2) is 49.8 Å². The van der Waals surface area contributed by atoms with E-state index in [1.807, 2.05) is 32.1 Å². The summed E-state index contributed by atoms with van der Waals surface area (Å²) in [4.78, 5) is 32.6.